The van der Waals surface area contributed by atoms with Crippen LogP contribution in [0.3, 0.4) is 0 Å². The molecule has 1 spiro atoms. The van der Waals surface area contributed by atoms with E-state index in [1.54, 1.807) is 5.56 Å². The summed E-state index contributed by atoms with van der Waals surface area (Å²) >= 11 is 0. The maximum Gasteiger partial charge on any atom is 0.0404 e. The van der Waals surface area contributed by atoms with Gasteiger partial charge in [0.25, 0.3) is 0 Å². The number of nitrogens with two attached hydrogens (primary N) is 1. The lowest BCUT2D eigenvalue weighted by Gasteiger charge is -2.35. The van der Waals surface area contributed by atoms with Crippen LogP contribution in [0.2, 0.25) is 0 Å². The molecule has 2 N–H and O–H groups in total. The lowest BCUT2D eigenvalue weighted by molar-refractivity contribution is 0.567. The summed E-state index contributed by atoms with van der Waals surface area (Å²) in [4.78, 5) is 2.44. The van der Waals surface area contributed by atoms with Crippen LogP contribution in [0.4, 0.5) is 5.69 Å². The standard InChI is InChI=1S/C13H18N2/c14-8-10-15-9-7-13(5-6-13)11-3-1-2-4-12(11)15/h1-4H,5-10,14H2. The van der Waals surface area contributed by atoms with Crippen LogP contribution >= 0.6 is 0 Å². The number of rotatable bonds is 2. The lowest BCUT2D eigenvalue weighted by atomic mass is 9.87. The molecular weight excluding hydrogens is 184 g/mol. The van der Waals surface area contributed by atoms with E-state index in [1.165, 1.54) is 31.5 Å². The highest BCUT2D eigenvalue weighted by atomic mass is 15.1. The predicted octanol–water partition coefficient (Wildman–Crippen LogP) is 1.89. The molecule has 0 aromatic heterocycles. The van der Waals surface area contributed by atoms with Crippen LogP contribution in [0, 0.1) is 0 Å². The average Bonchev–Trinajstić information content (AvgIpc) is 3.05. The molecule has 0 saturated heterocycles. The van der Waals surface area contributed by atoms with Gasteiger partial charge in [-0.05, 0) is 36.3 Å². The van der Waals surface area contributed by atoms with Crippen LogP contribution in [-0.2, 0) is 5.41 Å². The van der Waals surface area contributed by atoms with Gasteiger partial charge in [0.2, 0.25) is 0 Å². The fourth-order valence-corrected chi connectivity index (χ4v) is 2.86. The molecule has 2 heteroatoms. The van der Waals surface area contributed by atoms with E-state index in [-0.39, 0.29) is 0 Å². The molecule has 2 nitrogen and oxygen atoms in total. The van der Waals surface area contributed by atoms with Gasteiger partial charge in [0.15, 0.2) is 0 Å². The predicted molar refractivity (Wildman–Crippen MR) is 63.2 cm³/mol. The largest absolute Gasteiger partial charge is 0.370 e. The Morgan fingerprint density at radius 1 is 1.20 bits per heavy atom. The SMILES string of the molecule is NCCN1CCC2(CC2)c2ccccc21. The van der Waals surface area contributed by atoms with E-state index in [4.69, 9.17) is 5.73 Å². The van der Waals surface area contributed by atoms with Crippen molar-refractivity contribution in [3.63, 3.8) is 0 Å². The molecule has 0 amide bonds. The molecule has 2 aliphatic rings. The monoisotopic (exact) mass is 202 g/mol. The van der Waals surface area contributed by atoms with E-state index < -0.39 is 0 Å². The zero-order chi connectivity index (χ0) is 10.3. The first-order valence-electron chi connectivity index (χ1n) is 5.90. The first-order valence-corrected chi connectivity index (χ1v) is 5.90. The fourth-order valence-electron chi connectivity index (χ4n) is 2.86. The average molecular weight is 202 g/mol. The molecule has 1 aliphatic heterocycles. The number of nitrogens with zero attached hydrogens (tertiary/aromatic N) is 1. The number of hydrogen-bond acceptors (Lipinski definition) is 2. The number of fused-ring (bicyclic) bond motifs is 2. The number of anilines is 1. The summed E-state index contributed by atoms with van der Waals surface area (Å²) in [6.45, 7) is 2.93. The highest BCUT2D eigenvalue weighted by Crippen LogP contribution is 2.56. The van der Waals surface area contributed by atoms with Gasteiger partial charge in [-0.15, -0.1) is 0 Å². The van der Waals surface area contributed by atoms with Crippen LogP contribution in [-0.4, -0.2) is 19.6 Å². The van der Waals surface area contributed by atoms with Crippen molar-refractivity contribution >= 4 is 5.69 Å². The Morgan fingerprint density at radius 3 is 2.73 bits per heavy atom. The van der Waals surface area contributed by atoms with Crippen molar-refractivity contribution < 1.29 is 0 Å². The molecule has 1 aromatic carbocycles. The zero-order valence-electron chi connectivity index (χ0n) is 9.08. The van der Waals surface area contributed by atoms with E-state index in [2.05, 4.69) is 29.2 Å². The van der Waals surface area contributed by atoms with Crippen molar-refractivity contribution in [2.24, 2.45) is 5.73 Å². The van der Waals surface area contributed by atoms with Gasteiger partial charge in [-0.1, -0.05) is 18.2 Å². The summed E-state index contributed by atoms with van der Waals surface area (Å²) in [5, 5.41) is 0. The van der Waals surface area contributed by atoms with Gasteiger partial charge in [0, 0.05) is 25.3 Å². The third-order valence-corrected chi connectivity index (χ3v) is 3.93. The second-order valence-electron chi connectivity index (χ2n) is 4.82. The molecular formula is C13H18N2. The van der Waals surface area contributed by atoms with Gasteiger partial charge < -0.3 is 10.6 Å². The van der Waals surface area contributed by atoms with Crippen LogP contribution in [0.25, 0.3) is 0 Å². The first kappa shape index (κ1) is 9.22. The Kier molecular flexibility index (Phi) is 1.99. The van der Waals surface area contributed by atoms with Crippen molar-refractivity contribution in [1.29, 1.82) is 0 Å². The second-order valence-corrected chi connectivity index (χ2v) is 4.82. The minimum absolute atomic E-state index is 0.557. The lowest BCUT2D eigenvalue weighted by Crippen LogP contribution is -2.37. The summed E-state index contributed by atoms with van der Waals surface area (Å²) < 4.78 is 0. The third-order valence-electron chi connectivity index (χ3n) is 3.93. The summed E-state index contributed by atoms with van der Waals surface area (Å²) in [6.07, 6.45) is 4.10. The minimum Gasteiger partial charge on any atom is -0.370 e. The number of hydrogen-bond donors (Lipinski definition) is 1. The Hall–Kier alpha value is -1.02. The molecule has 1 aromatic rings. The third kappa shape index (κ3) is 1.36. The Morgan fingerprint density at radius 2 is 2.00 bits per heavy atom. The maximum atomic E-state index is 5.66. The second kappa shape index (κ2) is 3.24. The molecule has 0 radical (unpaired) electrons. The topological polar surface area (TPSA) is 29.3 Å². The van der Waals surface area contributed by atoms with Crippen molar-refractivity contribution in [2.75, 3.05) is 24.5 Å². The number of benzene rings is 1. The van der Waals surface area contributed by atoms with Gasteiger partial charge in [-0.25, -0.2) is 0 Å². The highest BCUT2D eigenvalue weighted by Gasteiger charge is 2.47. The molecule has 1 saturated carbocycles. The molecule has 1 heterocycles. The Labute approximate surface area is 91.1 Å². The van der Waals surface area contributed by atoms with Crippen LogP contribution in [0.15, 0.2) is 24.3 Å². The van der Waals surface area contributed by atoms with Crippen molar-refractivity contribution in [2.45, 2.75) is 24.7 Å². The van der Waals surface area contributed by atoms with E-state index in [0.29, 0.717) is 5.41 Å². The molecule has 15 heavy (non-hydrogen) atoms. The van der Waals surface area contributed by atoms with E-state index in [9.17, 15) is 0 Å². The molecule has 0 bridgehead atoms. The fraction of sp³-hybridized carbons (Fsp3) is 0.538. The Bertz CT molecular complexity index is 369. The van der Waals surface area contributed by atoms with Gasteiger partial charge in [0.05, 0.1) is 0 Å². The van der Waals surface area contributed by atoms with Crippen molar-refractivity contribution in [1.82, 2.24) is 0 Å². The molecule has 1 fully saturated rings. The van der Waals surface area contributed by atoms with E-state index >= 15 is 0 Å². The van der Waals surface area contributed by atoms with Crippen molar-refractivity contribution in [3.05, 3.63) is 29.8 Å². The summed E-state index contributed by atoms with van der Waals surface area (Å²) in [7, 11) is 0. The van der Waals surface area contributed by atoms with Gasteiger partial charge in [-0.2, -0.15) is 0 Å². The van der Waals surface area contributed by atoms with Gasteiger partial charge in [-0.3, -0.25) is 0 Å². The van der Waals surface area contributed by atoms with Gasteiger partial charge >= 0.3 is 0 Å². The van der Waals surface area contributed by atoms with Crippen LogP contribution in [0.1, 0.15) is 24.8 Å². The summed E-state index contributed by atoms with van der Waals surface area (Å²) in [5.74, 6) is 0. The Balaban J connectivity index is 2.00. The maximum absolute atomic E-state index is 5.66. The minimum atomic E-state index is 0.557. The number of para-hydroxylation sites is 1. The molecule has 0 unspecified atom stereocenters. The normalized spacial score (nSPS) is 21.5. The van der Waals surface area contributed by atoms with Crippen molar-refractivity contribution in [3.8, 4) is 0 Å². The quantitative estimate of drug-likeness (QED) is 0.793. The molecule has 80 valence electrons. The van der Waals surface area contributed by atoms with E-state index in [0.717, 1.165) is 13.1 Å². The molecule has 0 atom stereocenters. The molecule has 1 aliphatic carbocycles. The van der Waals surface area contributed by atoms with E-state index in [1.807, 2.05) is 0 Å². The summed E-state index contributed by atoms with van der Waals surface area (Å²) in [6, 6.07) is 8.88. The summed E-state index contributed by atoms with van der Waals surface area (Å²) in [5.41, 5.74) is 9.23. The molecule has 3 rings (SSSR count). The van der Waals surface area contributed by atoms with Crippen LogP contribution < -0.4 is 10.6 Å². The first-order chi connectivity index (χ1) is 7.36. The zero-order valence-corrected chi connectivity index (χ0v) is 9.08. The van der Waals surface area contributed by atoms with Gasteiger partial charge in [0.1, 0.15) is 0 Å². The highest BCUT2D eigenvalue weighted by molar-refractivity contribution is 5.60. The van der Waals surface area contributed by atoms with Crippen LogP contribution in [0.5, 0.6) is 0 Å². The smallest absolute Gasteiger partial charge is 0.0404 e.